The van der Waals surface area contributed by atoms with Crippen LogP contribution >= 0.6 is 11.3 Å². The minimum Gasteiger partial charge on any atom is -0.396 e. The molecule has 0 aliphatic carbocycles. The maximum atomic E-state index is 12.4. The summed E-state index contributed by atoms with van der Waals surface area (Å²) in [4.78, 5) is 18.5. The number of nitrogens with one attached hydrogen (secondary N) is 1. The van der Waals surface area contributed by atoms with Gasteiger partial charge in [0.05, 0.1) is 5.69 Å². The van der Waals surface area contributed by atoms with E-state index in [4.69, 9.17) is 5.11 Å². The summed E-state index contributed by atoms with van der Waals surface area (Å²) in [6.45, 7) is 9.67. The van der Waals surface area contributed by atoms with Crippen LogP contribution in [0.2, 0.25) is 0 Å². The fourth-order valence-electron chi connectivity index (χ4n) is 1.99. The van der Waals surface area contributed by atoms with Crippen molar-refractivity contribution < 1.29 is 9.90 Å². The van der Waals surface area contributed by atoms with Gasteiger partial charge >= 0.3 is 6.03 Å². The normalized spacial score (nSPS) is 11.5. The number of hydrogen-bond donors (Lipinski definition) is 2. The first kappa shape index (κ1) is 17.9. The summed E-state index contributed by atoms with van der Waals surface area (Å²) in [5.74, 6) is 0. The minimum atomic E-state index is -0.143. The van der Waals surface area contributed by atoms with E-state index in [2.05, 4.69) is 38.0 Å². The second-order valence-corrected chi connectivity index (χ2v) is 7.24. The van der Waals surface area contributed by atoms with E-state index in [0.29, 0.717) is 24.6 Å². The molecule has 0 unspecified atom stereocenters. The Kier molecular flexibility index (Phi) is 7.11. The van der Waals surface area contributed by atoms with Gasteiger partial charge in [0.15, 0.2) is 5.13 Å². The van der Waals surface area contributed by atoms with Crippen LogP contribution in [0, 0.1) is 5.41 Å². The number of urea groups is 1. The van der Waals surface area contributed by atoms with E-state index in [9.17, 15) is 4.79 Å². The van der Waals surface area contributed by atoms with Crippen molar-refractivity contribution in [2.45, 2.75) is 47.0 Å². The quantitative estimate of drug-likeness (QED) is 0.811. The van der Waals surface area contributed by atoms with Gasteiger partial charge in [-0.3, -0.25) is 5.32 Å². The van der Waals surface area contributed by atoms with Gasteiger partial charge in [-0.2, -0.15) is 0 Å². The zero-order valence-corrected chi connectivity index (χ0v) is 14.3. The highest BCUT2D eigenvalue weighted by Gasteiger charge is 2.21. The summed E-state index contributed by atoms with van der Waals surface area (Å²) < 4.78 is 0. The van der Waals surface area contributed by atoms with E-state index >= 15 is 0 Å². The van der Waals surface area contributed by atoms with E-state index in [-0.39, 0.29) is 18.1 Å². The number of aliphatic hydroxyl groups excluding tert-OH is 1. The third-order valence-electron chi connectivity index (χ3n) is 2.81. The largest absolute Gasteiger partial charge is 0.396 e. The fourth-order valence-corrected chi connectivity index (χ4v) is 2.73. The Bertz CT molecular complexity index is 440. The number of aryl methyl sites for hydroxylation is 1. The van der Waals surface area contributed by atoms with Crippen LogP contribution in [0.15, 0.2) is 5.38 Å². The molecule has 5 nitrogen and oxygen atoms in total. The second kappa shape index (κ2) is 8.34. The molecule has 1 heterocycles. The Morgan fingerprint density at radius 3 is 2.76 bits per heavy atom. The number of hydrogen-bond acceptors (Lipinski definition) is 4. The number of aromatic nitrogens is 1. The highest BCUT2D eigenvalue weighted by Crippen LogP contribution is 2.19. The molecule has 0 fully saturated rings. The predicted octanol–water partition coefficient (Wildman–Crippen LogP) is 3.36. The van der Waals surface area contributed by atoms with Crippen molar-refractivity contribution >= 4 is 22.5 Å². The molecular weight excluding hydrogens is 286 g/mol. The van der Waals surface area contributed by atoms with Crippen molar-refractivity contribution in [3.63, 3.8) is 0 Å². The molecule has 0 aliphatic heterocycles. The van der Waals surface area contributed by atoms with Gasteiger partial charge in [-0.25, -0.2) is 9.78 Å². The summed E-state index contributed by atoms with van der Waals surface area (Å²) in [6, 6.07) is -0.143. The summed E-state index contributed by atoms with van der Waals surface area (Å²) in [5, 5.41) is 14.5. The molecule has 0 atom stereocenters. The summed E-state index contributed by atoms with van der Waals surface area (Å²) in [5.41, 5.74) is 1.04. The smallest absolute Gasteiger partial charge is 0.323 e. The van der Waals surface area contributed by atoms with Gasteiger partial charge in [0.25, 0.3) is 0 Å². The zero-order chi connectivity index (χ0) is 15.9. The first-order valence-corrected chi connectivity index (χ1v) is 8.35. The van der Waals surface area contributed by atoms with Crippen LogP contribution in [-0.2, 0) is 6.42 Å². The topological polar surface area (TPSA) is 65.5 Å². The van der Waals surface area contributed by atoms with Crippen LogP contribution in [0.25, 0.3) is 0 Å². The third kappa shape index (κ3) is 6.91. The Balaban J connectivity index is 2.65. The Morgan fingerprint density at radius 2 is 2.19 bits per heavy atom. The third-order valence-corrected chi connectivity index (χ3v) is 3.62. The van der Waals surface area contributed by atoms with Crippen molar-refractivity contribution in [3.8, 4) is 0 Å². The fraction of sp³-hybridized carbons (Fsp3) is 0.733. The first-order valence-electron chi connectivity index (χ1n) is 7.47. The minimum absolute atomic E-state index is 0.0169. The lowest BCUT2D eigenvalue weighted by atomic mass is 9.96. The summed E-state index contributed by atoms with van der Waals surface area (Å²) in [6.07, 6.45) is 2.56. The maximum absolute atomic E-state index is 12.4. The van der Waals surface area contributed by atoms with E-state index < -0.39 is 0 Å². The van der Waals surface area contributed by atoms with E-state index in [0.717, 1.165) is 18.5 Å². The van der Waals surface area contributed by atoms with Gasteiger partial charge in [-0.15, -0.1) is 11.3 Å². The van der Waals surface area contributed by atoms with Gasteiger partial charge in [0.2, 0.25) is 0 Å². The molecule has 0 aromatic carbocycles. The summed E-state index contributed by atoms with van der Waals surface area (Å²) in [7, 11) is 0. The highest BCUT2D eigenvalue weighted by atomic mass is 32.1. The van der Waals surface area contributed by atoms with Crippen LogP contribution in [-0.4, -0.2) is 40.7 Å². The van der Waals surface area contributed by atoms with Crippen LogP contribution in [0.5, 0.6) is 0 Å². The van der Waals surface area contributed by atoms with Gasteiger partial charge in [0, 0.05) is 25.1 Å². The number of carbonyl (C=O) groups is 1. The average molecular weight is 313 g/mol. The van der Waals surface area contributed by atoms with Crippen LogP contribution in [0.1, 0.15) is 46.2 Å². The maximum Gasteiger partial charge on any atom is 0.323 e. The molecule has 2 amide bonds. The molecule has 21 heavy (non-hydrogen) atoms. The van der Waals surface area contributed by atoms with E-state index in [1.54, 1.807) is 4.90 Å². The molecule has 1 rings (SSSR count). The van der Waals surface area contributed by atoms with Crippen LogP contribution < -0.4 is 5.32 Å². The van der Waals surface area contributed by atoms with Crippen molar-refractivity contribution in [2.24, 2.45) is 5.41 Å². The predicted molar refractivity (Wildman–Crippen MR) is 87.9 cm³/mol. The molecule has 0 bridgehead atoms. The monoisotopic (exact) mass is 313 g/mol. The molecule has 1 aromatic heterocycles. The molecule has 0 saturated carbocycles. The highest BCUT2D eigenvalue weighted by molar-refractivity contribution is 7.13. The zero-order valence-electron chi connectivity index (χ0n) is 13.5. The number of rotatable bonds is 7. The molecule has 6 heteroatoms. The lowest BCUT2D eigenvalue weighted by molar-refractivity contribution is 0.176. The number of aliphatic hydroxyl groups is 1. The molecule has 0 spiro atoms. The SMILES string of the molecule is CCCc1csc(NC(=O)N(CCCO)CC(C)(C)C)n1. The van der Waals surface area contributed by atoms with Crippen LogP contribution in [0.3, 0.4) is 0 Å². The number of nitrogens with zero attached hydrogens (tertiary/aromatic N) is 2. The molecule has 0 radical (unpaired) electrons. The Morgan fingerprint density at radius 1 is 1.48 bits per heavy atom. The number of carbonyl (C=O) groups excluding carboxylic acids is 1. The number of amides is 2. The van der Waals surface area contributed by atoms with Gasteiger partial charge < -0.3 is 10.0 Å². The molecule has 1 aromatic rings. The molecule has 120 valence electrons. The Hall–Kier alpha value is -1.14. The van der Waals surface area contributed by atoms with Crippen LogP contribution in [0.4, 0.5) is 9.93 Å². The molecule has 0 aliphatic rings. The van der Waals surface area contributed by atoms with Crippen molar-refractivity contribution in [1.82, 2.24) is 9.88 Å². The first-order chi connectivity index (χ1) is 9.85. The lowest BCUT2D eigenvalue weighted by Crippen LogP contribution is -2.41. The summed E-state index contributed by atoms with van der Waals surface area (Å²) >= 11 is 1.46. The van der Waals surface area contributed by atoms with E-state index in [1.165, 1.54) is 11.3 Å². The molecule has 2 N–H and O–H groups in total. The van der Waals surface area contributed by atoms with Gasteiger partial charge in [-0.05, 0) is 18.3 Å². The molecular formula is C15H27N3O2S. The van der Waals surface area contributed by atoms with Gasteiger partial charge in [-0.1, -0.05) is 34.1 Å². The van der Waals surface area contributed by atoms with Crippen molar-refractivity contribution in [3.05, 3.63) is 11.1 Å². The van der Waals surface area contributed by atoms with Crippen molar-refractivity contribution in [2.75, 3.05) is 25.0 Å². The van der Waals surface area contributed by atoms with E-state index in [1.807, 2.05) is 5.38 Å². The average Bonchev–Trinajstić information content (AvgIpc) is 2.81. The molecule has 0 saturated heterocycles. The Labute approximate surface area is 131 Å². The standard InChI is InChI=1S/C15H27N3O2S/c1-5-7-12-10-21-13(16-12)17-14(20)18(8-6-9-19)11-15(2,3)4/h10,19H,5-9,11H2,1-4H3,(H,16,17,20). The lowest BCUT2D eigenvalue weighted by Gasteiger charge is -2.29. The van der Waals surface area contributed by atoms with Crippen molar-refractivity contribution in [1.29, 1.82) is 0 Å². The van der Waals surface area contributed by atoms with Gasteiger partial charge in [0.1, 0.15) is 0 Å². The second-order valence-electron chi connectivity index (χ2n) is 6.38. The number of thiazole rings is 1. The number of anilines is 1.